The van der Waals surface area contributed by atoms with E-state index in [1.165, 1.54) is 19.2 Å². The standard InChI is InChI=1S/C22H17ClF3NO3/c1-29-27(16-11-12-19(23)18(13-16)22(24,25)26)21(28)17-9-5-6-10-20(17)30-14-15-7-3-2-4-8-15/h2-13H,14H2,1H3. The van der Waals surface area contributed by atoms with Crippen molar-refractivity contribution in [1.82, 2.24) is 0 Å². The highest BCUT2D eigenvalue weighted by Crippen LogP contribution is 2.37. The molecule has 156 valence electrons. The number of amides is 1. The second kappa shape index (κ2) is 9.19. The van der Waals surface area contributed by atoms with Gasteiger partial charge in [-0.2, -0.15) is 18.2 Å². The summed E-state index contributed by atoms with van der Waals surface area (Å²) in [6.07, 6.45) is -4.67. The summed E-state index contributed by atoms with van der Waals surface area (Å²) in [4.78, 5) is 18.2. The molecule has 0 heterocycles. The summed E-state index contributed by atoms with van der Waals surface area (Å²) in [5.74, 6) is -0.407. The number of ether oxygens (including phenoxy) is 1. The normalized spacial score (nSPS) is 11.2. The Kier molecular flexibility index (Phi) is 6.64. The molecule has 0 bridgehead atoms. The van der Waals surface area contributed by atoms with E-state index >= 15 is 0 Å². The fraction of sp³-hybridized carbons (Fsp3) is 0.136. The first kappa shape index (κ1) is 21.7. The summed E-state index contributed by atoms with van der Waals surface area (Å²) in [5, 5.41) is 0.289. The monoisotopic (exact) mass is 435 g/mol. The molecule has 30 heavy (non-hydrogen) atoms. The maximum absolute atomic E-state index is 13.2. The zero-order chi connectivity index (χ0) is 21.7. The van der Waals surface area contributed by atoms with Crippen LogP contribution in [0.1, 0.15) is 21.5 Å². The lowest BCUT2D eigenvalue weighted by Gasteiger charge is -2.22. The lowest BCUT2D eigenvalue weighted by molar-refractivity contribution is -0.137. The number of nitrogens with zero attached hydrogens (tertiary/aromatic N) is 1. The molecule has 3 rings (SSSR count). The van der Waals surface area contributed by atoms with Gasteiger partial charge >= 0.3 is 6.18 Å². The first-order chi connectivity index (χ1) is 14.3. The Morgan fingerprint density at radius 1 is 1.00 bits per heavy atom. The van der Waals surface area contributed by atoms with Crippen LogP contribution in [0.25, 0.3) is 0 Å². The second-order valence-corrected chi connectivity index (χ2v) is 6.62. The summed E-state index contributed by atoms with van der Waals surface area (Å²) in [6.45, 7) is 0.220. The molecule has 1 amide bonds. The van der Waals surface area contributed by atoms with Crippen molar-refractivity contribution in [1.29, 1.82) is 0 Å². The Morgan fingerprint density at radius 3 is 2.33 bits per heavy atom. The molecular weight excluding hydrogens is 419 g/mol. The van der Waals surface area contributed by atoms with Gasteiger partial charge in [0, 0.05) is 0 Å². The van der Waals surface area contributed by atoms with Gasteiger partial charge < -0.3 is 4.74 Å². The van der Waals surface area contributed by atoms with Crippen LogP contribution in [0.2, 0.25) is 5.02 Å². The summed E-state index contributed by atoms with van der Waals surface area (Å²) in [7, 11) is 1.19. The molecule has 0 radical (unpaired) electrons. The Balaban J connectivity index is 1.90. The molecule has 3 aromatic carbocycles. The number of benzene rings is 3. The Hall–Kier alpha value is -3.03. The zero-order valence-electron chi connectivity index (χ0n) is 15.8. The molecule has 0 spiro atoms. The average Bonchev–Trinajstić information content (AvgIpc) is 2.74. The number of hydrogen-bond donors (Lipinski definition) is 0. The van der Waals surface area contributed by atoms with Crippen molar-refractivity contribution in [3.8, 4) is 5.75 Å². The fourth-order valence-corrected chi connectivity index (χ4v) is 3.00. The predicted octanol–water partition coefficient (Wildman–Crippen LogP) is 6.15. The number of rotatable bonds is 6. The summed E-state index contributed by atoms with van der Waals surface area (Å²) < 4.78 is 45.4. The van der Waals surface area contributed by atoms with Gasteiger partial charge in [-0.25, -0.2) is 0 Å². The van der Waals surface area contributed by atoms with E-state index in [0.717, 1.165) is 22.8 Å². The highest BCUT2D eigenvalue weighted by atomic mass is 35.5. The van der Waals surface area contributed by atoms with Crippen molar-refractivity contribution in [2.45, 2.75) is 12.8 Å². The molecule has 4 nitrogen and oxygen atoms in total. The Labute approximate surface area is 176 Å². The minimum Gasteiger partial charge on any atom is -0.488 e. The third-order valence-electron chi connectivity index (χ3n) is 4.21. The van der Waals surface area contributed by atoms with Crippen LogP contribution in [0.15, 0.2) is 72.8 Å². The third kappa shape index (κ3) is 4.93. The molecule has 3 aromatic rings. The van der Waals surface area contributed by atoms with E-state index in [2.05, 4.69) is 0 Å². The second-order valence-electron chi connectivity index (χ2n) is 6.21. The Bertz CT molecular complexity index is 1030. The van der Waals surface area contributed by atoms with Crippen molar-refractivity contribution in [3.63, 3.8) is 0 Å². The van der Waals surface area contributed by atoms with E-state index in [4.69, 9.17) is 21.2 Å². The minimum absolute atomic E-state index is 0.114. The minimum atomic E-state index is -4.67. The van der Waals surface area contributed by atoms with Crippen molar-refractivity contribution in [3.05, 3.63) is 94.5 Å². The Morgan fingerprint density at radius 2 is 1.67 bits per heavy atom. The topological polar surface area (TPSA) is 38.8 Å². The number of halogens is 4. The molecular formula is C22H17ClF3NO3. The van der Waals surface area contributed by atoms with Gasteiger partial charge in [-0.3, -0.25) is 9.63 Å². The SMILES string of the molecule is CON(C(=O)c1ccccc1OCc1ccccc1)c1ccc(Cl)c(C(F)(F)F)c1. The van der Waals surface area contributed by atoms with Gasteiger partial charge in [0.15, 0.2) is 0 Å². The van der Waals surface area contributed by atoms with Gasteiger partial charge in [0.1, 0.15) is 12.4 Å². The molecule has 0 saturated heterocycles. The highest BCUT2D eigenvalue weighted by Gasteiger charge is 2.34. The maximum atomic E-state index is 13.2. The molecule has 8 heteroatoms. The van der Waals surface area contributed by atoms with Crippen LogP contribution in [-0.2, 0) is 17.6 Å². The van der Waals surface area contributed by atoms with Crippen LogP contribution < -0.4 is 9.80 Å². The number of hydrogen-bond acceptors (Lipinski definition) is 3. The molecule has 0 fully saturated rings. The fourth-order valence-electron chi connectivity index (χ4n) is 2.78. The van der Waals surface area contributed by atoms with Crippen molar-refractivity contribution >= 4 is 23.2 Å². The van der Waals surface area contributed by atoms with Gasteiger partial charge in [0.05, 0.1) is 28.9 Å². The van der Waals surface area contributed by atoms with Crippen LogP contribution in [0.4, 0.5) is 18.9 Å². The molecule has 0 aliphatic rings. The lowest BCUT2D eigenvalue weighted by atomic mass is 10.1. The van der Waals surface area contributed by atoms with Crippen LogP contribution >= 0.6 is 11.6 Å². The largest absolute Gasteiger partial charge is 0.488 e. The van der Waals surface area contributed by atoms with E-state index in [0.29, 0.717) is 0 Å². The summed E-state index contributed by atoms with van der Waals surface area (Å²) in [6, 6.07) is 18.9. The number of alkyl halides is 3. The zero-order valence-corrected chi connectivity index (χ0v) is 16.6. The number of para-hydroxylation sites is 1. The number of carbonyl (C=O) groups is 1. The molecule has 0 aliphatic carbocycles. The van der Waals surface area contributed by atoms with E-state index in [9.17, 15) is 18.0 Å². The molecule has 0 aliphatic heterocycles. The van der Waals surface area contributed by atoms with Crippen molar-refractivity contribution in [2.24, 2.45) is 0 Å². The average molecular weight is 436 g/mol. The third-order valence-corrected chi connectivity index (χ3v) is 4.54. The molecule has 0 atom stereocenters. The lowest BCUT2D eigenvalue weighted by Crippen LogP contribution is -2.30. The maximum Gasteiger partial charge on any atom is 0.417 e. The summed E-state index contributed by atoms with van der Waals surface area (Å²) in [5.41, 5.74) is -0.142. The molecule has 0 aromatic heterocycles. The molecule has 0 N–H and O–H groups in total. The van der Waals surface area contributed by atoms with Crippen LogP contribution in [0.5, 0.6) is 5.75 Å². The molecule has 0 unspecified atom stereocenters. The van der Waals surface area contributed by atoms with Gasteiger partial charge in [0.2, 0.25) is 0 Å². The van der Waals surface area contributed by atoms with Gasteiger partial charge in [-0.05, 0) is 35.9 Å². The highest BCUT2D eigenvalue weighted by molar-refractivity contribution is 6.31. The molecule has 0 saturated carbocycles. The van der Waals surface area contributed by atoms with Crippen LogP contribution in [0, 0.1) is 0 Å². The smallest absolute Gasteiger partial charge is 0.417 e. The van der Waals surface area contributed by atoms with Gasteiger partial charge in [-0.15, -0.1) is 0 Å². The van der Waals surface area contributed by atoms with E-state index in [1.54, 1.807) is 18.2 Å². The first-order valence-corrected chi connectivity index (χ1v) is 9.20. The van der Waals surface area contributed by atoms with E-state index in [-0.39, 0.29) is 23.6 Å². The first-order valence-electron chi connectivity index (χ1n) is 8.82. The predicted molar refractivity (Wildman–Crippen MR) is 107 cm³/mol. The van der Waals surface area contributed by atoms with E-state index < -0.39 is 22.7 Å². The van der Waals surface area contributed by atoms with Crippen molar-refractivity contribution in [2.75, 3.05) is 12.2 Å². The van der Waals surface area contributed by atoms with Crippen molar-refractivity contribution < 1.29 is 27.5 Å². The summed E-state index contributed by atoms with van der Waals surface area (Å²) >= 11 is 5.67. The number of carbonyl (C=O) groups excluding carboxylic acids is 1. The van der Waals surface area contributed by atoms with Gasteiger partial charge in [-0.1, -0.05) is 54.1 Å². The van der Waals surface area contributed by atoms with Crippen LogP contribution in [-0.4, -0.2) is 13.0 Å². The van der Waals surface area contributed by atoms with Gasteiger partial charge in [0.25, 0.3) is 5.91 Å². The van der Waals surface area contributed by atoms with E-state index in [1.807, 2.05) is 30.3 Å². The number of hydroxylamine groups is 1. The number of anilines is 1. The quantitative estimate of drug-likeness (QED) is 0.436. The van der Waals surface area contributed by atoms with Crippen LogP contribution in [0.3, 0.4) is 0 Å².